The van der Waals surface area contributed by atoms with E-state index in [9.17, 15) is 14.4 Å². The molecule has 2 aromatic heterocycles. The van der Waals surface area contributed by atoms with Crippen LogP contribution in [0.15, 0.2) is 53.5 Å². The molecule has 3 N–H and O–H groups in total. The van der Waals surface area contributed by atoms with Gasteiger partial charge in [-0.2, -0.15) is 5.10 Å². The second kappa shape index (κ2) is 8.80. The number of benzene rings is 1. The zero-order chi connectivity index (χ0) is 22.7. The topological polar surface area (TPSA) is 138 Å². The minimum atomic E-state index is -0.889. The predicted octanol–water partition coefficient (Wildman–Crippen LogP) is 1.10. The number of hydrogen-bond donors (Lipinski definition) is 3. The van der Waals surface area contributed by atoms with E-state index in [2.05, 4.69) is 30.8 Å². The molecule has 0 bridgehead atoms. The van der Waals surface area contributed by atoms with Crippen molar-refractivity contribution in [1.29, 1.82) is 0 Å². The summed E-state index contributed by atoms with van der Waals surface area (Å²) in [4.78, 5) is 48.0. The summed E-state index contributed by atoms with van der Waals surface area (Å²) >= 11 is 0. The lowest BCUT2D eigenvalue weighted by atomic mass is 9.99. The summed E-state index contributed by atoms with van der Waals surface area (Å²) in [6, 6.07) is 6.65. The second-order valence-corrected chi connectivity index (χ2v) is 7.09. The average Bonchev–Trinajstić information content (AvgIpc) is 3.33. The number of hydrogen-bond acceptors (Lipinski definition) is 7. The van der Waals surface area contributed by atoms with E-state index in [4.69, 9.17) is 4.74 Å². The van der Waals surface area contributed by atoms with Crippen molar-refractivity contribution >= 4 is 40.5 Å². The minimum absolute atomic E-state index is 0.161. The number of carbonyl (C=O) groups excluding carboxylic acids is 3. The summed E-state index contributed by atoms with van der Waals surface area (Å²) in [5.74, 6) is -1.31. The van der Waals surface area contributed by atoms with Crippen molar-refractivity contribution in [2.45, 2.75) is 19.4 Å². The van der Waals surface area contributed by atoms with E-state index >= 15 is 0 Å². The highest BCUT2D eigenvalue weighted by molar-refractivity contribution is 6.32. The smallest absolute Gasteiger partial charge is 0.328 e. The van der Waals surface area contributed by atoms with Crippen LogP contribution in [-0.2, 0) is 25.5 Å². The third kappa shape index (κ3) is 4.10. The molecule has 3 aromatic rings. The predicted molar refractivity (Wildman–Crippen MR) is 116 cm³/mol. The lowest BCUT2D eigenvalue weighted by Crippen LogP contribution is -2.42. The molecule has 1 aliphatic heterocycles. The lowest BCUT2D eigenvalue weighted by molar-refractivity contribution is -0.144. The van der Waals surface area contributed by atoms with Gasteiger partial charge in [0.15, 0.2) is 0 Å². The third-order valence-corrected chi connectivity index (χ3v) is 4.98. The quantitative estimate of drug-likeness (QED) is 0.394. The number of rotatable bonds is 6. The van der Waals surface area contributed by atoms with Crippen molar-refractivity contribution in [1.82, 2.24) is 25.7 Å². The molecule has 0 saturated carbocycles. The Labute approximate surface area is 182 Å². The second-order valence-electron chi connectivity index (χ2n) is 7.09. The van der Waals surface area contributed by atoms with E-state index in [0.717, 1.165) is 16.5 Å². The first-order valence-corrected chi connectivity index (χ1v) is 9.79. The zero-order valence-corrected chi connectivity index (χ0v) is 17.4. The molecule has 1 unspecified atom stereocenters. The normalized spacial score (nSPS) is 15.4. The number of H-pyrrole nitrogens is 1. The maximum absolute atomic E-state index is 12.5. The van der Waals surface area contributed by atoms with Crippen LogP contribution in [0.2, 0.25) is 0 Å². The summed E-state index contributed by atoms with van der Waals surface area (Å²) in [6.45, 7) is 1.33. The van der Waals surface area contributed by atoms with Crippen LogP contribution in [-0.4, -0.2) is 51.6 Å². The van der Waals surface area contributed by atoms with Gasteiger partial charge in [-0.15, -0.1) is 0 Å². The molecule has 4 rings (SSSR count). The van der Waals surface area contributed by atoms with Crippen molar-refractivity contribution in [3.8, 4) is 0 Å². The van der Waals surface area contributed by atoms with Crippen LogP contribution >= 0.6 is 0 Å². The van der Waals surface area contributed by atoms with E-state index in [1.165, 1.54) is 32.6 Å². The molecule has 0 saturated heterocycles. The molecular formula is C22H20N6O4. The van der Waals surface area contributed by atoms with E-state index in [0.29, 0.717) is 22.7 Å². The van der Waals surface area contributed by atoms with Gasteiger partial charge in [-0.1, -0.05) is 18.2 Å². The molecule has 10 heteroatoms. The summed E-state index contributed by atoms with van der Waals surface area (Å²) in [6.07, 6.45) is 6.38. The Balaban J connectivity index is 1.81. The Bertz CT molecular complexity index is 1260. The third-order valence-electron chi connectivity index (χ3n) is 4.98. The van der Waals surface area contributed by atoms with Crippen molar-refractivity contribution < 1.29 is 19.1 Å². The Morgan fingerprint density at radius 3 is 2.78 bits per heavy atom. The maximum Gasteiger partial charge on any atom is 0.328 e. The van der Waals surface area contributed by atoms with Crippen molar-refractivity contribution in [2.24, 2.45) is 5.10 Å². The highest BCUT2D eigenvalue weighted by atomic mass is 16.5. The van der Waals surface area contributed by atoms with Gasteiger partial charge in [0, 0.05) is 42.3 Å². The molecule has 0 aliphatic carbocycles. The van der Waals surface area contributed by atoms with Crippen LogP contribution in [0.5, 0.6) is 0 Å². The van der Waals surface area contributed by atoms with Gasteiger partial charge in [-0.05, 0) is 17.7 Å². The molecule has 10 nitrogen and oxygen atoms in total. The van der Waals surface area contributed by atoms with Gasteiger partial charge >= 0.3 is 5.97 Å². The molecule has 0 radical (unpaired) electrons. The number of amides is 2. The van der Waals surface area contributed by atoms with Gasteiger partial charge in [0.25, 0.3) is 5.91 Å². The molecule has 1 aliphatic rings. The van der Waals surface area contributed by atoms with Crippen molar-refractivity contribution in [3.63, 3.8) is 0 Å². The molecule has 1 aromatic carbocycles. The Hall–Kier alpha value is -4.34. The first kappa shape index (κ1) is 20.9. The molecular weight excluding hydrogens is 412 g/mol. The van der Waals surface area contributed by atoms with E-state index in [-0.39, 0.29) is 18.2 Å². The molecule has 3 heterocycles. The Kier molecular flexibility index (Phi) is 5.75. The average molecular weight is 432 g/mol. The van der Waals surface area contributed by atoms with Gasteiger partial charge in [-0.3, -0.25) is 19.6 Å². The number of aromatic nitrogens is 3. The molecule has 162 valence electrons. The number of methoxy groups -OCH3 is 1. The standard InChI is InChI=1S/C22H20N6O4/c1-12(29)25-18(22(31)32-2)9-14-13-5-3-4-6-16(13)26-17(14)10-15-20(27-28-21(15)30)19-11-23-7-8-24-19/h3-8,10-11,18,26H,9H2,1-2H3,(H,25,29)(H,28,30). The van der Waals surface area contributed by atoms with Gasteiger partial charge in [0.2, 0.25) is 5.91 Å². The fraction of sp³-hybridized carbons (Fsp3) is 0.182. The van der Waals surface area contributed by atoms with Gasteiger partial charge in [0.05, 0.1) is 18.9 Å². The van der Waals surface area contributed by atoms with E-state index in [1.807, 2.05) is 24.3 Å². The highest BCUT2D eigenvalue weighted by Crippen LogP contribution is 2.27. The number of fused-ring (bicyclic) bond motifs is 1. The number of ether oxygens (including phenoxy) is 1. The lowest BCUT2D eigenvalue weighted by Gasteiger charge is -2.16. The summed E-state index contributed by atoms with van der Waals surface area (Å²) in [5.41, 5.74) is 5.73. The van der Waals surface area contributed by atoms with Gasteiger partial charge < -0.3 is 15.0 Å². The number of nitrogens with zero attached hydrogens (tertiary/aromatic N) is 3. The SMILES string of the molecule is COC(=O)C(Cc1c(C=C2C(=O)NN=C2c2cnccn2)[nH]c2ccccc12)NC(C)=O. The van der Waals surface area contributed by atoms with Crippen LogP contribution in [0, 0.1) is 0 Å². The first-order chi connectivity index (χ1) is 15.5. The largest absolute Gasteiger partial charge is 0.467 e. The van der Waals surface area contributed by atoms with Crippen LogP contribution in [0.1, 0.15) is 23.9 Å². The number of esters is 1. The van der Waals surface area contributed by atoms with E-state index in [1.54, 1.807) is 6.08 Å². The number of hydrazone groups is 1. The van der Waals surface area contributed by atoms with Crippen LogP contribution in [0.4, 0.5) is 0 Å². The van der Waals surface area contributed by atoms with Crippen LogP contribution in [0.25, 0.3) is 17.0 Å². The molecule has 0 fully saturated rings. The molecule has 0 spiro atoms. The number of aromatic amines is 1. The maximum atomic E-state index is 12.5. The monoisotopic (exact) mass is 432 g/mol. The van der Waals surface area contributed by atoms with Crippen LogP contribution < -0.4 is 10.7 Å². The van der Waals surface area contributed by atoms with Crippen molar-refractivity contribution in [3.05, 3.63) is 65.4 Å². The Morgan fingerprint density at radius 2 is 2.06 bits per heavy atom. The van der Waals surface area contributed by atoms with Crippen molar-refractivity contribution in [2.75, 3.05) is 7.11 Å². The number of para-hydroxylation sites is 1. The Morgan fingerprint density at radius 1 is 1.25 bits per heavy atom. The summed E-state index contributed by atoms with van der Waals surface area (Å²) in [5, 5.41) is 7.58. The molecule has 1 atom stereocenters. The van der Waals surface area contributed by atoms with E-state index < -0.39 is 12.0 Å². The first-order valence-electron chi connectivity index (χ1n) is 9.79. The highest BCUT2D eigenvalue weighted by Gasteiger charge is 2.28. The summed E-state index contributed by atoms with van der Waals surface area (Å²) < 4.78 is 4.86. The van der Waals surface area contributed by atoms with Gasteiger partial charge in [-0.25, -0.2) is 10.2 Å². The fourth-order valence-corrected chi connectivity index (χ4v) is 3.58. The fourth-order valence-electron chi connectivity index (χ4n) is 3.58. The summed E-state index contributed by atoms with van der Waals surface area (Å²) in [7, 11) is 1.27. The van der Waals surface area contributed by atoms with Crippen LogP contribution in [0.3, 0.4) is 0 Å². The minimum Gasteiger partial charge on any atom is -0.467 e. The molecule has 32 heavy (non-hydrogen) atoms. The number of nitrogens with one attached hydrogen (secondary N) is 3. The number of carbonyl (C=O) groups is 3. The zero-order valence-electron chi connectivity index (χ0n) is 17.4. The molecule has 2 amide bonds. The van der Waals surface area contributed by atoms with Gasteiger partial charge in [0.1, 0.15) is 17.4 Å².